The van der Waals surface area contributed by atoms with Crippen LogP contribution in [0.25, 0.3) is 0 Å². The molecule has 1 atom stereocenters. The first-order valence-corrected chi connectivity index (χ1v) is 9.49. The maximum absolute atomic E-state index is 12.2. The van der Waals surface area contributed by atoms with Gasteiger partial charge in [0.25, 0.3) is 5.91 Å². The van der Waals surface area contributed by atoms with Crippen molar-refractivity contribution < 1.29 is 14.3 Å². The Balaban J connectivity index is 1.41. The molecular formula is C22H26N2O3. The van der Waals surface area contributed by atoms with Gasteiger partial charge in [-0.1, -0.05) is 42.5 Å². The van der Waals surface area contributed by atoms with Gasteiger partial charge in [0.15, 0.2) is 6.61 Å². The number of hydrogen-bond acceptors (Lipinski definition) is 3. The standard InChI is InChI=1S/C22H26N2O3/c1-17(13-14-18-8-3-2-4-9-18)23-21(25)12-7-15-24-19-10-5-6-11-20(19)27-16-22(24)26/h2-6,8-11,17H,7,12-16H2,1H3,(H,23,25)/t17-/m0/s1. The molecule has 5 nitrogen and oxygen atoms in total. The first-order chi connectivity index (χ1) is 13.1. The van der Waals surface area contributed by atoms with Crippen molar-refractivity contribution in [3.05, 3.63) is 60.2 Å². The zero-order chi connectivity index (χ0) is 19.1. The molecule has 0 aromatic heterocycles. The van der Waals surface area contributed by atoms with Gasteiger partial charge in [0.05, 0.1) is 5.69 Å². The molecule has 0 spiro atoms. The molecule has 0 bridgehead atoms. The molecule has 0 saturated heterocycles. The second-order valence-corrected chi connectivity index (χ2v) is 6.90. The van der Waals surface area contributed by atoms with E-state index >= 15 is 0 Å². The number of carbonyl (C=O) groups is 2. The Labute approximate surface area is 160 Å². The molecule has 2 aromatic rings. The number of fused-ring (bicyclic) bond motifs is 1. The van der Waals surface area contributed by atoms with Crippen LogP contribution in [0.1, 0.15) is 31.7 Å². The molecule has 27 heavy (non-hydrogen) atoms. The topological polar surface area (TPSA) is 58.6 Å². The Bertz CT molecular complexity index is 776. The Hall–Kier alpha value is -2.82. The van der Waals surface area contributed by atoms with Gasteiger partial charge in [0.1, 0.15) is 5.75 Å². The van der Waals surface area contributed by atoms with E-state index < -0.39 is 0 Å². The molecule has 0 radical (unpaired) electrons. The monoisotopic (exact) mass is 366 g/mol. The minimum absolute atomic E-state index is 0.0320. The number of ether oxygens (including phenoxy) is 1. The van der Waals surface area contributed by atoms with E-state index in [1.165, 1.54) is 5.56 Å². The summed E-state index contributed by atoms with van der Waals surface area (Å²) in [7, 11) is 0. The van der Waals surface area contributed by atoms with Gasteiger partial charge < -0.3 is 15.0 Å². The fourth-order valence-electron chi connectivity index (χ4n) is 3.24. The molecule has 2 amide bonds. The Morgan fingerprint density at radius 3 is 2.70 bits per heavy atom. The third-order valence-corrected chi connectivity index (χ3v) is 4.71. The van der Waals surface area contributed by atoms with E-state index in [0.717, 1.165) is 24.3 Å². The van der Waals surface area contributed by atoms with E-state index in [4.69, 9.17) is 4.74 Å². The van der Waals surface area contributed by atoms with Crippen LogP contribution in [0.4, 0.5) is 5.69 Å². The Kier molecular flexibility index (Phi) is 6.47. The van der Waals surface area contributed by atoms with Crippen molar-refractivity contribution in [2.75, 3.05) is 18.1 Å². The number of benzene rings is 2. The lowest BCUT2D eigenvalue weighted by atomic mass is 10.1. The van der Waals surface area contributed by atoms with Crippen molar-refractivity contribution in [2.45, 2.75) is 38.6 Å². The molecule has 3 rings (SSSR count). The largest absolute Gasteiger partial charge is 0.482 e. The highest BCUT2D eigenvalue weighted by Gasteiger charge is 2.24. The first kappa shape index (κ1) is 19.0. The van der Waals surface area contributed by atoms with Gasteiger partial charge in [-0.15, -0.1) is 0 Å². The predicted molar refractivity (Wildman–Crippen MR) is 106 cm³/mol. The van der Waals surface area contributed by atoms with Crippen molar-refractivity contribution in [1.29, 1.82) is 0 Å². The van der Waals surface area contributed by atoms with Gasteiger partial charge in [-0.05, 0) is 43.9 Å². The van der Waals surface area contributed by atoms with Gasteiger partial charge in [-0.25, -0.2) is 0 Å². The summed E-state index contributed by atoms with van der Waals surface area (Å²) in [4.78, 5) is 26.0. The summed E-state index contributed by atoms with van der Waals surface area (Å²) in [5.74, 6) is 0.686. The highest BCUT2D eigenvalue weighted by molar-refractivity contribution is 5.97. The second kappa shape index (κ2) is 9.21. The molecule has 0 saturated carbocycles. The number of nitrogens with zero attached hydrogens (tertiary/aromatic N) is 1. The van der Waals surface area contributed by atoms with E-state index in [2.05, 4.69) is 17.4 Å². The number of aryl methyl sites for hydroxylation is 1. The van der Waals surface area contributed by atoms with Crippen molar-refractivity contribution in [1.82, 2.24) is 5.32 Å². The summed E-state index contributed by atoms with van der Waals surface area (Å²) < 4.78 is 5.44. The minimum atomic E-state index is -0.0645. The van der Waals surface area contributed by atoms with Crippen LogP contribution < -0.4 is 15.0 Å². The second-order valence-electron chi connectivity index (χ2n) is 6.90. The third-order valence-electron chi connectivity index (χ3n) is 4.71. The lowest BCUT2D eigenvalue weighted by molar-refractivity contribution is -0.123. The zero-order valence-corrected chi connectivity index (χ0v) is 15.7. The minimum Gasteiger partial charge on any atom is -0.482 e. The summed E-state index contributed by atoms with van der Waals surface area (Å²) in [6.07, 6.45) is 2.88. The van der Waals surface area contributed by atoms with Crippen LogP contribution in [-0.2, 0) is 16.0 Å². The van der Waals surface area contributed by atoms with Crippen LogP contribution in [0.15, 0.2) is 54.6 Å². The van der Waals surface area contributed by atoms with Gasteiger partial charge in [-0.3, -0.25) is 9.59 Å². The summed E-state index contributed by atoms with van der Waals surface area (Å²) in [5, 5.41) is 3.05. The van der Waals surface area contributed by atoms with Gasteiger partial charge in [0.2, 0.25) is 5.91 Å². The van der Waals surface area contributed by atoms with Crippen LogP contribution >= 0.6 is 0 Å². The molecule has 5 heteroatoms. The zero-order valence-electron chi connectivity index (χ0n) is 15.7. The number of carbonyl (C=O) groups excluding carboxylic acids is 2. The molecule has 0 unspecified atom stereocenters. The highest BCUT2D eigenvalue weighted by atomic mass is 16.5. The van der Waals surface area contributed by atoms with Gasteiger partial charge in [0, 0.05) is 19.0 Å². The number of anilines is 1. The number of rotatable bonds is 8. The van der Waals surface area contributed by atoms with E-state index in [1.807, 2.05) is 49.4 Å². The van der Waals surface area contributed by atoms with Crippen LogP contribution in [0.3, 0.4) is 0 Å². The average molecular weight is 366 g/mol. The average Bonchev–Trinajstić information content (AvgIpc) is 2.69. The Morgan fingerprint density at radius 1 is 1.15 bits per heavy atom. The fourth-order valence-corrected chi connectivity index (χ4v) is 3.24. The van der Waals surface area contributed by atoms with Crippen molar-refractivity contribution in [2.24, 2.45) is 0 Å². The summed E-state index contributed by atoms with van der Waals surface area (Å²) >= 11 is 0. The fraction of sp³-hybridized carbons (Fsp3) is 0.364. The number of hydrogen-bond donors (Lipinski definition) is 1. The lowest BCUT2D eigenvalue weighted by Gasteiger charge is -2.29. The molecule has 0 fully saturated rings. The van der Waals surface area contributed by atoms with Crippen LogP contribution in [0.5, 0.6) is 5.75 Å². The quantitative estimate of drug-likeness (QED) is 0.780. The van der Waals surface area contributed by atoms with Crippen LogP contribution in [0, 0.1) is 0 Å². The summed E-state index contributed by atoms with van der Waals surface area (Å²) in [5.41, 5.74) is 2.06. The van der Waals surface area contributed by atoms with Crippen molar-refractivity contribution in [3.63, 3.8) is 0 Å². The molecule has 0 aliphatic carbocycles. The summed E-state index contributed by atoms with van der Waals surface area (Å²) in [6.45, 7) is 2.60. The maximum Gasteiger partial charge on any atom is 0.265 e. The lowest BCUT2D eigenvalue weighted by Crippen LogP contribution is -2.40. The van der Waals surface area contributed by atoms with Crippen LogP contribution in [0.2, 0.25) is 0 Å². The molecule has 142 valence electrons. The SMILES string of the molecule is C[C@@H](CCc1ccccc1)NC(=O)CCCN1C(=O)COc2ccccc21. The molecule has 2 aromatic carbocycles. The van der Waals surface area contributed by atoms with Crippen molar-refractivity contribution >= 4 is 17.5 Å². The molecular weight excluding hydrogens is 340 g/mol. The number of amides is 2. The van der Waals surface area contributed by atoms with E-state index in [9.17, 15) is 9.59 Å². The number of para-hydroxylation sites is 2. The van der Waals surface area contributed by atoms with E-state index in [0.29, 0.717) is 19.4 Å². The third kappa shape index (κ3) is 5.33. The predicted octanol–water partition coefficient (Wildman–Crippen LogP) is 3.33. The first-order valence-electron chi connectivity index (χ1n) is 9.49. The molecule has 1 aliphatic heterocycles. The highest BCUT2D eigenvalue weighted by Crippen LogP contribution is 2.31. The van der Waals surface area contributed by atoms with E-state index in [-0.39, 0.29) is 24.5 Å². The molecule has 1 heterocycles. The smallest absolute Gasteiger partial charge is 0.265 e. The van der Waals surface area contributed by atoms with Crippen LogP contribution in [-0.4, -0.2) is 31.0 Å². The van der Waals surface area contributed by atoms with Gasteiger partial charge in [-0.2, -0.15) is 0 Å². The molecule has 1 N–H and O–H groups in total. The normalized spacial score (nSPS) is 14.3. The molecule has 1 aliphatic rings. The maximum atomic E-state index is 12.2. The van der Waals surface area contributed by atoms with E-state index in [1.54, 1.807) is 4.90 Å². The Morgan fingerprint density at radius 2 is 1.89 bits per heavy atom. The summed E-state index contributed by atoms with van der Waals surface area (Å²) in [6, 6.07) is 17.9. The van der Waals surface area contributed by atoms with Crippen molar-refractivity contribution in [3.8, 4) is 5.75 Å². The van der Waals surface area contributed by atoms with Gasteiger partial charge >= 0.3 is 0 Å². The number of nitrogens with one attached hydrogen (secondary N) is 1.